The third kappa shape index (κ3) is 2.93. The van der Waals surface area contributed by atoms with Crippen LogP contribution in [0.3, 0.4) is 0 Å². The van der Waals surface area contributed by atoms with Crippen molar-refractivity contribution in [3.63, 3.8) is 0 Å². The first-order valence-corrected chi connectivity index (χ1v) is 8.02. The molecule has 0 saturated carbocycles. The molecule has 25 heavy (non-hydrogen) atoms. The first-order valence-electron chi connectivity index (χ1n) is 8.02. The van der Waals surface area contributed by atoms with Crippen molar-refractivity contribution in [1.82, 2.24) is 0 Å². The van der Waals surface area contributed by atoms with Crippen molar-refractivity contribution in [3.05, 3.63) is 51.9 Å². The molecule has 132 valence electrons. The van der Waals surface area contributed by atoms with Gasteiger partial charge in [-0.3, -0.25) is 0 Å². The lowest BCUT2D eigenvalue weighted by atomic mass is 9.87. The second-order valence-corrected chi connectivity index (χ2v) is 6.60. The maximum absolute atomic E-state index is 12.2. The van der Waals surface area contributed by atoms with Crippen LogP contribution >= 0.6 is 0 Å². The Bertz CT molecular complexity index is 921. The maximum atomic E-state index is 12.2. The molecule has 2 aromatic rings. The average Bonchev–Trinajstić information content (AvgIpc) is 2.56. The summed E-state index contributed by atoms with van der Waals surface area (Å²) in [5.74, 6) is -0.136. The van der Waals surface area contributed by atoms with Crippen molar-refractivity contribution >= 4 is 16.9 Å². The van der Waals surface area contributed by atoms with E-state index in [1.54, 1.807) is 52.0 Å². The minimum atomic E-state index is -1.19. The van der Waals surface area contributed by atoms with E-state index in [4.69, 9.17) is 13.9 Å². The highest BCUT2D eigenvalue weighted by atomic mass is 16.6. The lowest BCUT2D eigenvalue weighted by Gasteiger charge is -2.42. The molecule has 0 fully saturated rings. The molecule has 0 radical (unpaired) electrons. The zero-order valence-corrected chi connectivity index (χ0v) is 14.5. The van der Waals surface area contributed by atoms with Gasteiger partial charge in [0.25, 0.3) is 0 Å². The van der Waals surface area contributed by atoms with E-state index in [2.05, 4.69) is 0 Å². The van der Waals surface area contributed by atoms with E-state index in [0.29, 0.717) is 22.3 Å². The normalized spacial score (nSPS) is 22.2. The van der Waals surface area contributed by atoms with E-state index in [9.17, 15) is 14.7 Å². The number of benzene rings is 1. The standard InChI is InChI=1S/C19H20O6/c1-5-10(2)18(22)24-17-15(21)14-12(25-19(17,3)4)8-6-11-7-9-13(20)23-16(11)14/h5-9,15,17,21H,1-4H3/b10-5-/t15-,17-/m0/s1. The van der Waals surface area contributed by atoms with Crippen LogP contribution < -0.4 is 10.4 Å². The number of aliphatic hydroxyl groups is 1. The summed E-state index contributed by atoms with van der Waals surface area (Å²) < 4.78 is 16.7. The van der Waals surface area contributed by atoms with Gasteiger partial charge in [-0.2, -0.15) is 0 Å². The van der Waals surface area contributed by atoms with Crippen LogP contribution in [0, 0.1) is 0 Å². The Morgan fingerprint density at radius 1 is 1.28 bits per heavy atom. The lowest BCUT2D eigenvalue weighted by Crippen LogP contribution is -2.51. The summed E-state index contributed by atoms with van der Waals surface area (Å²) in [7, 11) is 0. The number of carbonyl (C=O) groups excluding carboxylic acids is 1. The molecule has 0 aliphatic carbocycles. The fourth-order valence-electron chi connectivity index (χ4n) is 2.91. The van der Waals surface area contributed by atoms with Gasteiger partial charge in [0.1, 0.15) is 23.0 Å². The number of carbonyl (C=O) groups is 1. The van der Waals surface area contributed by atoms with E-state index >= 15 is 0 Å². The van der Waals surface area contributed by atoms with Crippen LogP contribution in [0.4, 0.5) is 0 Å². The summed E-state index contributed by atoms with van der Waals surface area (Å²) in [5, 5.41) is 11.6. The van der Waals surface area contributed by atoms with Crippen LogP contribution in [0.15, 0.2) is 45.1 Å². The highest BCUT2D eigenvalue weighted by molar-refractivity contribution is 5.88. The Morgan fingerprint density at radius 3 is 2.64 bits per heavy atom. The molecule has 6 heteroatoms. The van der Waals surface area contributed by atoms with E-state index in [1.165, 1.54) is 6.07 Å². The number of allylic oxidation sites excluding steroid dienone is 1. The van der Waals surface area contributed by atoms with Crippen LogP contribution in [0.5, 0.6) is 5.75 Å². The maximum Gasteiger partial charge on any atom is 0.336 e. The first kappa shape index (κ1) is 17.2. The number of ether oxygens (including phenoxy) is 2. The molecule has 1 N–H and O–H groups in total. The number of hydrogen-bond donors (Lipinski definition) is 1. The molecule has 0 unspecified atom stereocenters. The SMILES string of the molecule is C/C=C(/C)C(=O)O[C@H]1[C@@H](O)c2c(ccc3ccc(=O)oc23)OC1(C)C. The summed E-state index contributed by atoms with van der Waals surface area (Å²) in [6.45, 7) is 6.82. The number of aliphatic hydroxyl groups excluding tert-OH is 1. The topological polar surface area (TPSA) is 86.0 Å². The smallest absolute Gasteiger partial charge is 0.336 e. The van der Waals surface area contributed by atoms with Gasteiger partial charge in [0, 0.05) is 17.0 Å². The van der Waals surface area contributed by atoms with Gasteiger partial charge < -0.3 is 19.0 Å². The van der Waals surface area contributed by atoms with Crippen LogP contribution in [0.1, 0.15) is 39.4 Å². The molecule has 1 aliphatic rings. The van der Waals surface area contributed by atoms with Crippen LogP contribution in [0.2, 0.25) is 0 Å². The van der Waals surface area contributed by atoms with E-state index in [-0.39, 0.29) is 5.58 Å². The third-order valence-electron chi connectivity index (χ3n) is 4.42. The average molecular weight is 344 g/mol. The zero-order valence-electron chi connectivity index (χ0n) is 14.5. The van der Waals surface area contributed by atoms with Crippen molar-refractivity contribution in [1.29, 1.82) is 0 Å². The minimum Gasteiger partial charge on any atom is -0.483 e. The third-order valence-corrected chi connectivity index (χ3v) is 4.42. The molecule has 1 aromatic heterocycles. The summed E-state index contributed by atoms with van der Waals surface area (Å²) in [4.78, 5) is 23.8. The van der Waals surface area contributed by atoms with Gasteiger partial charge in [-0.05, 0) is 45.9 Å². The van der Waals surface area contributed by atoms with Crippen molar-refractivity contribution in [3.8, 4) is 5.75 Å². The molecular formula is C19H20O6. The summed E-state index contributed by atoms with van der Waals surface area (Å²) in [5.41, 5.74) is -0.518. The molecular weight excluding hydrogens is 324 g/mol. The quantitative estimate of drug-likeness (QED) is 0.512. The van der Waals surface area contributed by atoms with Crippen molar-refractivity contribution in [2.75, 3.05) is 0 Å². The van der Waals surface area contributed by atoms with Crippen molar-refractivity contribution < 1.29 is 23.8 Å². The summed E-state index contributed by atoms with van der Waals surface area (Å²) >= 11 is 0. The van der Waals surface area contributed by atoms with E-state index < -0.39 is 29.4 Å². The van der Waals surface area contributed by atoms with Gasteiger partial charge in [0.05, 0.1) is 5.56 Å². The zero-order chi connectivity index (χ0) is 18.4. The molecule has 0 amide bonds. The van der Waals surface area contributed by atoms with Gasteiger partial charge in [-0.15, -0.1) is 0 Å². The highest BCUT2D eigenvalue weighted by Gasteiger charge is 2.47. The van der Waals surface area contributed by atoms with Crippen LogP contribution in [0.25, 0.3) is 11.0 Å². The second-order valence-electron chi connectivity index (χ2n) is 6.60. The summed E-state index contributed by atoms with van der Waals surface area (Å²) in [6.07, 6.45) is -0.520. The molecule has 3 rings (SSSR count). The largest absolute Gasteiger partial charge is 0.483 e. The summed E-state index contributed by atoms with van der Waals surface area (Å²) in [6, 6.07) is 6.37. The van der Waals surface area contributed by atoms with Gasteiger partial charge in [0.15, 0.2) is 6.10 Å². The predicted octanol–water partition coefficient (Wildman–Crippen LogP) is 2.88. The molecule has 6 nitrogen and oxygen atoms in total. The molecule has 0 spiro atoms. The fraction of sp³-hybridized carbons (Fsp3) is 0.368. The van der Waals surface area contributed by atoms with Gasteiger partial charge in [-0.25, -0.2) is 9.59 Å². The van der Waals surface area contributed by atoms with Gasteiger partial charge >= 0.3 is 11.6 Å². The molecule has 2 heterocycles. The number of esters is 1. The number of rotatable bonds is 2. The number of fused-ring (bicyclic) bond motifs is 3. The first-order chi connectivity index (χ1) is 11.7. The van der Waals surface area contributed by atoms with Crippen molar-refractivity contribution in [2.24, 2.45) is 0 Å². The molecule has 1 aromatic carbocycles. The Hall–Kier alpha value is -2.60. The Morgan fingerprint density at radius 2 is 1.96 bits per heavy atom. The molecule has 1 aliphatic heterocycles. The Kier molecular flexibility index (Phi) is 4.16. The van der Waals surface area contributed by atoms with Crippen LogP contribution in [-0.2, 0) is 9.53 Å². The lowest BCUT2D eigenvalue weighted by molar-refractivity contribution is -0.173. The Labute approximate surface area is 144 Å². The van der Waals surface area contributed by atoms with E-state index in [1.807, 2.05) is 0 Å². The Balaban J connectivity index is 2.12. The number of hydrogen-bond acceptors (Lipinski definition) is 6. The van der Waals surface area contributed by atoms with E-state index in [0.717, 1.165) is 0 Å². The molecule has 0 bridgehead atoms. The van der Waals surface area contributed by atoms with Crippen molar-refractivity contribution in [2.45, 2.75) is 45.5 Å². The highest BCUT2D eigenvalue weighted by Crippen LogP contribution is 2.44. The second kappa shape index (κ2) is 6.04. The van der Waals surface area contributed by atoms with Gasteiger partial charge in [0.2, 0.25) is 0 Å². The predicted molar refractivity (Wildman–Crippen MR) is 91.5 cm³/mol. The molecule has 0 saturated heterocycles. The minimum absolute atomic E-state index is 0.233. The van der Waals surface area contributed by atoms with Gasteiger partial charge in [-0.1, -0.05) is 6.08 Å². The monoisotopic (exact) mass is 344 g/mol. The molecule has 2 atom stereocenters. The fourth-order valence-corrected chi connectivity index (χ4v) is 2.91. The van der Waals surface area contributed by atoms with Crippen LogP contribution in [-0.4, -0.2) is 22.8 Å².